The van der Waals surface area contributed by atoms with Crippen molar-refractivity contribution in [1.82, 2.24) is 0 Å². The Labute approximate surface area is 130 Å². The van der Waals surface area contributed by atoms with Crippen molar-refractivity contribution in [2.45, 2.75) is 26.2 Å². The molecule has 2 aliphatic carbocycles. The summed E-state index contributed by atoms with van der Waals surface area (Å²) in [5, 5.41) is 12.4. The molecule has 4 heteroatoms. The van der Waals surface area contributed by atoms with Gasteiger partial charge in [0.05, 0.1) is 11.8 Å². The van der Waals surface area contributed by atoms with Crippen molar-refractivity contribution in [3.63, 3.8) is 0 Å². The topological polar surface area (TPSA) is 66.4 Å². The fourth-order valence-electron chi connectivity index (χ4n) is 3.85. The minimum atomic E-state index is -0.867. The third-order valence-electron chi connectivity index (χ3n) is 4.89. The van der Waals surface area contributed by atoms with E-state index < -0.39 is 17.8 Å². The Morgan fingerprint density at radius 2 is 1.77 bits per heavy atom. The quantitative estimate of drug-likeness (QED) is 0.839. The van der Waals surface area contributed by atoms with E-state index >= 15 is 0 Å². The first-order valence-corrected chi connectivity index (χ1v) is 7.80. The number of allylic oxidation sites excluding steroid dienone is 2. The number of carboxylic acid groups (broad SMARTS) is 1. The number of para-hydroxylation sites is 1. The molecule has 2 aliphatic rings. The highest BCUT2D eigenvalue weighted by Crippen LogP contribution is 2.48. The second kappa shape index (κ2) is 5.59. The number of anilines is 1. The molecule has 3 rings (SSSR count). The summed E-state index contributed by atoms with van der Waals surface area (Å²) < 4.78 is 0. The number of carbonyl (C=O) groups excluding carboxylic acids is 1. The van der Waals surface area contributed by atoms with Crippen LogP contribution in [0.5, 0.6) is 0 Å². The zero-order valence-electron chi connectivity index (χ0n) is 12.8. The second-order valence-corrected chi connectivity index (χ2v) is 6.57. The summed E-state index contributed by atoms with van der Waals surface area (Å²) in [5.41, 5.74) is 1.86. The Balaban J connectivity index is 1.83. The van der Waals surface area contributed by atoms with E-state index in [-0.39, 0.29) is 17.7 Å². The van der Waals surface area contributed by atoms with Crippen LogP contribution >= 0.6 is 0 Å². The highest BCUT2D eigenvalue weighted by Gasteiger charge is 2.51. The van der Waals surface area contributed by atoms with Gasteiger partial charge in [-0.05, 0) is 35.8 Å². The number of benzene rings is 1. The summed E-state index contributed by atoms with van der Waals surface area (Å²) in [5.74, 6) is -1.75. The fourth-order valence-corrected chi connectivity index (χ4v) is 3.85. The molecular formula is C18H21NO3. The van der Waals surface area contributed by atoms with Crippen LogP contribution in [0.3, 0.4) is 0 Å². The van der Waals surface area contributed by atoms with Crippen molar-refractivity contribution >= 4 is 17.6 Å². The summed E-state index contributed by atoms with van der Waals surface area (Å²) in [7, 11) is 0. The second-order valence-electron chi connectivity index (χ2n) is 6.57. The van der Waals surface area contributed by atoms with Gasteiger partial charge in [-0.15, -0.1) is 0 Å². The zero-order valence-corrected chi connectivity index (χ0v) is 12.8. The SMILES string of the molecule is CC(C)c1ccccc1NC(=O)[C@@H]1[C@@H](C(=O)O)[C@H]2C=C[C@H]1C2. The number of carbonyl (C=O) groups is 2. The van der Waals surface area contributed by atoms with Crippen LogP contribution in [0, 0.1) is 23.7 Å². The highest BCUT2D eigenvalue weighted by molar-refractivity contribution is 5.97. The van der Waals surface area contributed by atoms with E-state index in [0.29, 0.717) is 5.92 Å². The Morgan fingerprint density at radius 1 is 1.14 bits per heavy atom. The molecule has 1 saturated carbocycles. The van der Waals surface area contributed by atoms with Gasteiger partial charge in [-0.3, -0.25) is 9.59 Å². The van der Waals surface area contributed by atoms with Crippen LogP contribution in [0.25, 0.3) is 0 Å². The number of nitrogens with one attached hydrogen (secondary N) is 1. The first-order chi connectivity index (χ1) is 10.5. The predicted octanol–water partition coefficient (Wildman–Crippen LogP) is 3.27. The first-order valence-electron chi connectivity index (χ1n) is 7.80. The Bertz CT molecular complexity index is 635. The van der Waals surface area contributed by atoms with Crippen LogP contribution in [-0.4, -0.2) is 17.0 Å². The van der Waals surface area contributed by atoms with Gasteiger partial charge in [-0.1, -0.05) is 44.2 Å². The van der Waals surface area contributed by atoms with Crippen LogP contribution in [0.15, 0.2) is 36.4 Å². The maximum Gasteiger partial charge on any atom is 0.307 e. The predicted molar refractivity (Wildman–Crippen MR) is 84.5 cm³/mol. The van der Waals surface area contributed by atoms with E-state index in [0.717, 1.165) is 17.7 Å². The van der Waals surface area contributed by atoms with Crippen molar-refractivity contribution in [1.29, 1.82) is 0 Å². The minimum absolute atomic E-state index is 0.00130. The largest absolute Gasteiger partial charge is 0.481 e. The van der Waals surface area contributed by atoms with Crippen LogP contribution in [0.2, 0.25) is 0 Å². The smallest absolute Gasteiger partial charge is 0.307 e. The maximum absolute atomic E-state index is 12.7. The number of carboxylic acids is 1. The van der Waals surface area contributed by atoms with Crippen LogP contribution < -0.4 is 5.32 Å². The number of amides is 1. The molecule has 1 amide bonds. The van der Waals surface area contributed by atoms with E-state index in [4.69, 9.17) is 0 Å². The molecule has 4 atom stereocenters. The minimum Gasteiger partial charge on any atom is -0.481 e. The lowest BCUT2D eigenvalue weighted by Gasteiger charge is -2.24. The average Bonchev–Trinajstić information content (AvgIpc) is 3.08. The third-order valence-corrected chi connectivity index (χ3v) is 4.89. The van der Waals surface area contributed by atoms with Gasteiger partial charge in [0.15, 0.2) is 0 Å². The van der Waals surface area contributed by atoms with Gasteiger partial charge in [0, 0.05) is 5.69 Å². The summed E-state index contributed by atoms with van der Waals surface area (Å²) in [6, 6.07) is 7.71. The van der Waals surface area contributed by atoms with Gasteiger partial charge in [0.25, 0.3) is 0 Å². The summed E-state index contributed by atoms with van der Waals surface area (Å²) in [6.45, 7) is 4.15. The average molecular weight is 299 g/mol. The monoisotopic (exact) mass is 299 g/mol. The van der Waals surface area contributed by atoms with Crippen molar-refractivity contribution in [2.24, 2.45) is 23.7 Å². The lowest BCUT2D eigenvalue weighted by Crippen LogP contribution is -2.36. The number of hydrogen-bond acceptors (Lipinski definition) is 2. The van der Waals surface area contributed by atoms with Gasteiger partial charge in [0.2, 0.25) is 5.91 Å². The highest BCUT2D eigenvalue weighted by atomic mass is 16.4. The van der Waals surface area contributed by atoms with Crippen molar-refractivity contribution in [2.75, 3.05) is 5.32 Å². The van der Waals surface area contributed by atoms with E-state index in [1.165, 1.54) is 0 Å². The van der Waals surface area contributed by atoms with Gasteiger partial charge in [0.1, 0.15) is 0 Å². The first kappa shape index (κ1) is 14.8. The van der Waals surface area contributed by atoms with Gasteiger partial charge in [-0.2, -0.15) is 0 Å². The molecule has 22 heavy (non-hydrogen) atoms. The summed E-state index contributed by atoms with van der Waals surface area (Å²) in [6.07, 6.45) is 4.74. The molecule has 2 bridgehead atoms. The van der Waals surface area contributed by atoms with Crippen molar-refractivity contribution < 1.29 is 14.7 Å². The summed E-state index contributed by atoms with van der Waals surface area (Å²) >= 11 is 0. The third kappa shape index (κ3) is 2.43. The molecule has 0 saturated heterocycles. The molecule has 1 aromatic rings. The van der Waals surface area contributed by atoms with E-state index in [9.17, 15) is 14.7 Å². The Hall–Kier alpha value is -2.10. The van der Waals surface area contributed by atoms with E-state index in [1.54, 1.807) is 0 Å². The number of rotatable bonds is 4. The van der Waals surface area contributed by atoms with Crippen molar-refractivity contribution in [3.05, 3.63) is 42.0 Å². The normalized spacial score (nSPS) is 29.0. The molecule has 0 radical (unpaired) electrons. The van der Waals surface area contributed by atoms with Crippen LogP contribution in [0.4, 0.5) is 5.69 Å². The molecule has 0 spiro atoms. The van der Waals surface area contributed by atoms with Gasteiger partial charge in [-0.25, -0.2) is 0 Å². The van der Waals surface area contributed by atoms with Gasteiger partial charge < -0.3 is 10.4 Å². The molecule has 0 aliphatic heterocycles. The Kier molecular flexibility index (Phi) is 3.77. The lowest BCUT2D eigenvalue weighted by molar-refractivity contribution is -0.146. The van der Waals surface area contributed by atoms with E-state index in [1.807, 2.05) is 36.4 Å². The molecular weight excluding hydrogens is 278 g/mol. The molecule has 1 aromatic carbocycles. The standard InChI is InChI=1S/C18H21NO3/c1-10(2)13-5-3-4-6-14(13)19-17(20)15-11-7-8-12(9-11)16(15)18(21)22/h3-8,10-12,15-16H,9H2,1-2H3,(H,19,20)(H,21,22)/t11-,12-,15-,16-/m0/s1. The number of fused-ring (bicyclic) bond motifs is 2. The molecule has 1 fully saturated rings. The molecule has 116 valence electrons. The molecule has 0 unspecified atom stereocenters. The van der Waals surface area contributed by atoms with Gasteiger partial charge >= 0.3 is 5.97 Å². The maximum atomic E-state index is 12.7. The van der Waals surface area contributed by atoms with Crippen LogP contribution in [-0.2, 0) is 9.59 Å². The molecule has 0 heterocycles. The zero-order chi connectivity index (χ0) is 15.9. The molecule has 0 aromatic heterocycles. The van der Waals surface area contributed by atoms with E-state index in [2.05, 4.69) is 19.2 Å². The molecule has 2 N–H and O–H groups in total. The lowest BCUT2D eigenvalue weighted by atomic mass is 9.82. The van der Waals surface area contributed by atoms with Crippen LogP contribution in [0.1, 0.15) is 31.7 Å². The number of hydrogen-bond donors (Lipinski definition) is 2. The molecule has 4 nitrogen and oxygen atoms in total. The summed E-state index contributed by atoms with van der Waals surface area (Å²) in [4.78, 5) is 24.2. The van der Waals surface area contributed by atoms with Crippen molar-refractivity contribution in [3.8, 4) is 0 Å². The Morgan fingerprint density at radius 3 is 2.41 bits per heavy atom. The number of aliphatic carboxylic acids is 1. The fraction of sp³-hybridized carbons (Fsp3) is 0.444.